The lowest BCUT2D eigenvalue weighted by atomic mass is 9.83. The molecule has 1 saturated heterocycles. The zero-order valence-electron chi connectivity index (χ0n) is 17.0. The van der Waals surface area contributed by atoms with E-state index in [0.717, 1.165) is 18.9 Å². The Labute approximate surface area is 172 Å². The summed E-state index contributed by atoms with van der Waals surface area (Å²) in [4.78, 5) is 26.3. The minimum atomic E-state index is -1.42. The van der Waals surface area contributed by atoms with Crippen molar-refractivity contribution in [1.29, 1.82) is 0 Å². The second kappa shape index (κ2) is 6.43. The van der Waals surface area contributed by atoms with Gasteiger partial charge in [0.2, 0.25) is 5.43 Å². The second-order valence-electron chi connectivity index (χ2n) is 9.16. The van der Waals surface area contributed by atoms with Gasteiger partial charge in [0.05, 0.1) is 24.1 Å². The number of anilines is 1. The minimum Gasteiger partial charge on any atom is -0.492 e. The predicted molar refractivity (Wildman–Crippen MR) is 108 cm³/mol. The third kappa shape index (κ3) is 2.65. The summed E-state index contributed by atoms with van der Waals surface area (Å²) in [5.74, 6) is -1.41. The first-order valence-electron chi connectivity index (χ1n) is 10.3. The van der Waals surface area contributed by atoms with E-state index in [2.05, 4.69) is 6.92 Å². The lowest BCUT2D eigenvalue weighted by Gasteiger charge is -2.27. The van der Waals surface area contributed by atoms with E-state index in [1.807, 2.05) is 4.90 Å². The monoisotopic (exact) mass is 418 g/mol. The van der Waals surface area contributed by atoms with E-state index in [-0.39, 0.29) is 34.2 Å². The number of aromatic nitrogens is 1. The number of rotatable bonds is 4. The van der Waals surface area contributed by atoms with Crippen LogP contribution in [0, 0.1) is 17.2 Å². The van der Waals surface area contributed by atoms with Crippen LogP contribution in [0.3, 0.4) is 0 Å². The Kier molecular flexibility index (Phi) is 4.14. The first-order valence-corrected chi connectivity index (χ1v) is 10.3. The number of carboxylic acid groups (broad SMARTS) is 1. The van der Waals surface area contributed by atoms with Crippen LogP contribution in [0.2, 0.25) is 0 Å². The van der Waals surface area contributed by atoms with Crippen molar-refractivity contribution in [3.8, 4) is 5.75 Å². The third-order valence-electron chi connectivity index (χ3n) is 7.27. The highest BCUT2D eigenvalue weighted by atomic mass is 19.1. The standard InChI is InChI=1S/C22H24F2N2O4/c1-22-5-3-4-11(22)8-25(10-22)18-15(24)6-12-17(20(18)30-2)26(16-7-14(16)23)9-13(19(12)27)21(28)29/h6,9,11,14,16H,3-5,7-8,10H2,1-2H3,(H,28,29)/t11?,14-,16+,22?/m0/s1. The number of ether oxygens (including phenoxy) is 1. The van der Waals surface area contributed by atoms with Crippen LogP contribution >= 0.6 is 0 Å². The highest BCUT2D eigenvalue weighted by Crippen LogP contribution is 2.52. The molecule has 1 aromatic carbocycles. The van der Waals surface area contributed by atoms with Crippen LogP contribution < -0.4 is 15.1 Å². The van der Waals surface area contributed by atoms with Crippen molar-refractivity contribution in [2.45, 2.75) is 44.8 Å². The first kappa shape index (κ1) is 19.3. The summed E-state index contributed by atoms with van der Waals surface area (Å²) >= 11 is 0. The molecule has 1 N–H and O–H groups in total. The molecule has 2 heterocycles. The molecule has 3 aliphatic rings. The van der Waals surface area contributed by atoms with E-state index in [4.69, 9.17) is 4.74 Å². The number of methoxy groups -OCH3 is 1. The number of carbonyl (C=O) groups is 1. The van der Waals surface area contributed by atoms with Gasteiger partial charge in [-0.05, 0) is 30.2 Å². The Morgan fingerprint density at radius 2 is 2.13 bits per heavy atom. The lowest BCUT2D eigenvalue weighted by Crippen LogP contribution is -2.26. The highest BCUT2D eigenvalue weighted by molar-refractivity contribution is 5.97. The average molecular weight is 418 g/mol. The van der Waals surface area contributed by atoms with Crippen molar-refractivity contribution in [1.82, 2.24) is 4.57 Å². The Morgan fingerprint density at radius 1 is 1.40 bits per heavy atom. The Balaban J connectivity index is 1.76. The largest absolute Gasteiger partial charge is 0.492 e. The van der Waals surface area contributed by atoms with Crippen LogP contribution in [0.1, 0.15) is 49.0 Å². The van der Waals surface area contributed by atoms with Crippen molar-refractivity contribution in [2.75, 3.05) is 25.1 Å². The average Bonchev–Trinajstić information content (AvgIpc) is 3.16. The van der Waals surface area contributed by atoms with Crippen molar-refractivity contribution in [3.63, 3.8) is 0 Å². The van der Waals surface area contributed by atoms with Crippen LogP contribution in [-0.4, -0.2) is 42.0 Å². The SMILES string of the molecule is COc1c(N2CC3CCCC3(C)C2)c(F)cc2c(=O)c(C(=O)O)cn([C@@H]3C[C@@H]3F)c12. The molecule has 1 aliphatic heterocycles. The Hall–Kier alpha value is -2.64. The zero-order valence-corrected chi connectivity index (χ0v) is 17.0. The number of carboxylic acids is 1. The number of nitrogens with zero attached hydrogens (tertiary/aromatic N) is 2. The van der Waals surface area contributed by atoms with Crippen LogP contribution in [0.15, 0.2) is 17.1 Å². The zero-order chi connectivity index (χ0) is 21.4. The quantitative estimate of drug-likeness (QED) is 0.819. The summed E-state index contributed by atoms with van der Waals surface area (Å²) < 4.78 is 36.4. The van der Waals surface area contributed by atoms with Gasteiger partial charge < -0.3 is 19.3 Å². The molecule has 6 nitrogen and oxygen atoms in total. The molecule has 2 aliphatic carbocycles. The summed E-state index contributed by atoms with van der Waals surface area (Å²) in [6.45, 7) is 3.61. The Morgan fingerprint density at radius 3 is 2.73 bits per heavy atom. The third-order valence-corrected chi connectivity index (χ3v) is 7.27. The van der Waals surface area contributed by atoms with Crippen LogP contribution in [-0.2, 0) is 0 Å². The second-order valence-corrected chi connectivity index (χ2v) is 9.16. The topological polar surface area (TPSA) is 71.8 Å². The van der Waals surface area contributed by atoms with Crippen molar-refractivity contribution < 1.29 is 23.4 Å². The maximum Gasteiger partial charge on any atom is 0.341 e. The molecule has 0 radical (unpaired) electrons. The molecule has 2 aromatic rings. The molecule has 8 heteroatoms. The number of hydrogen-bond acceptors (Lipinski definition) is 4. The Bertz CT molecular complexity index is 1130. The van der Waals surface area contributed by atoms with E-state index in [9.17, 15) is 19.1 Å². The van der Waals surface area contributed by atoms with E-state index in [1.165, 1.54) is 24.3 Å². The van der Waals surface area contributed by atoms with E-state index < -0.39 is 35.0 Å². The van der Waals surface area contributed by atoms with Gasteiger partial charge in [-0.15, -0.1) is 0 Å². The van der Waals surface area contributed by atoms with Crippen LogP contribution in [0.5, 0.6) is 5.75 Å². The number of benzene rings is 1. The fourth-order valence-corrected chi connectivity index (χ4v) is 5.55. The van der Waals surface area contributed by atoms with Gasteiger partial charge in [0, 0.05) is 25.7 Å². The summed E-state index contributed by atoms with van der Waals surface area (Å²) in [6, 6.07) is 0.499. The fraction of sp³-hybridized carbons (Fsp3) is 0.545. The maximum absolute atomic E-state index is 15.4. The molecule has 2 unspecified atom stereocenters. The number of aromatic carboxylic acids is 1. The smallest absolute Gasteiger partial charge is 0.341 e. The number of hydrogen-bond donors (Lipinski definition) is 1. The van der Waals surface area contributed by atoms with Crippen molar-refractivity contribution in [3.05, 3.63) is 33.9 Å². The molecule has 5 rings (SSSR count). The number of fused-ring (bicyclic) bond motifs is 2. The summed E-state index contributed by atoms with van der Waals surface area (Å²) in [7, 11) is 1.40. The molecule has 0 spiro atoms. The molecule has 0 bridgehead atoms. The summed E-state index contributed by atoms with van der Waals surface area (Å²) in [5.41, 5.74) is -0.651. The van der Waals surface area contributed by atoms with E-state index in [1.54, 1.807) is 0 Å². The molecule has 0 amide bonds. The summed E-state index contributed by atoms with van der Waals surface area (Å²) in [5, 5.41) is 9.32. The van der Waals surface area contributed by atoms with Gasteiger partial charge in [0.1, 0.15) is 17.4 Å². The molecular weight excluding hydrogens is 394 g/mol. The van der Waals surface area contributed by atoms with Gasteiger partial charge in [0.15, 0.2) is 11.6 Å². The first-order chi connectivity index (χ1) is 14.2. The molecule has 2 saturated carbocycles. The molecule has 4 atom stereocenters. The fourth-order valence-electron chi connectivity index (χ4n) is 5.55. The van der Waals surface area contributed by atoms with E-state index in [0.29, 0.717) is 19.0 Å². The minimum absolute atomic E-state index is 0.0993. The van der Waals surface area contributed by atoms with Gasteiger partial charge in [-0.3, -0.25) is 4.79 Å². The number of halogens is 2. The number of alkyl halides is 1. The van der Waals surface area contributed by atoms with Gasteiger partial charge in [-0.1, -0.05) is 13.3 Å². The molecule has 30 heavy (non-hydrogen) atoms. The normalized spacial score (nSPS) is 30.0. The van der Waals surface area contributed by atoms with Gasteiger partial charge in [-0.25, -0.2) is 13.6 Å². The molecule has 1 aromatic heterocycles. The maximum atomic E-state index is 15.4. The summed E-state index contributed by atoms with van der Waals surface area (Å²) in [6.07, 6.45) is 3.61. The predicted octanol–water partition coefficient (Wildman–Crippen LogP) is 3.76. The van der Waals surface area contributed by atoms with Crippen LogP contribution in [0.4, 0.5) is 14.5 Å². The van der Waals surface area contributed by atoms with E-state index >= 15 is 4.39 Å². The van der Waals surface area contributed by atoms with Crippen molar-refractivity contribution in [2.24, 2.45) is 11.3 Å². The van der Waals surface area contributed by atoms with Crippen molar-refractivity contribution >= 4 is 22.6 Å². The van der Waals surface area contributed by atoms with Gasteiger partial charge in [-0.2, -0.15) is 0 Å². The molecular formula is C22H24F2N2O4. The van der Waals surface area contributed by atoms with Crippen LogP contribution in [0.25, 0.3) is 10.9 Å². The van der Waals surface area contributed by atoms with Gasteiger partial charge in [0.25, 0.3) is 0 Å². The molecule has 160 valence electrons. The number of pyridine rings is 1. The molecule has 3 fully saturated rings. The van der Waals surface area contributed by atoms with Gasteiger partial charge >= 0.3 is 5.97 Å². The highest BCUT2D eigenvalue weighted by Gasteiger charge is 2.47. The lowest BCUT2D eigenvalue weighted by molar-refractivity contribution is 0.0694.